The lowest BCUT2D eigenvalue weighted by molar-refractivity contribution is 0.199. The van der Waals surface area contributed by atoms with Crippen molar-refractivity contribution in [1.82, 2.24) is 20.0 Å². The normalized spacial score (nSPS) is 19.2. The molecule has 1 aromatic heterocycles. The van der Waals surface area contributed by atoms with Gasteiger partial charge in [-0.2, -0.15) is 5.10 Å². The first-order valence-electron chi connectivity index (χ1n) is 6.79. The number of aryl methyl sites for hydroxylation is 1. The second-order valence-electron chi connectivity index (χ2n) is 4.82. The quantitative estimate of drug-likeness (QED) is 0.859. The van der Waals surface area contributed by atoms with Crippen LogP contribution in [0, 0.1) is 0 Å². The van der Waals surface area contributed by atoms with Crippen molar-refractivity contribution >= 4 is 12.4 Å². The van der Waals surface area contributed by atoms with Gasteiger partial charge in [-0.1, -0.05) is 6.92 Å². The molecule has 0 spiro atoms. The van der Waals surface area contributed by atoms with E-state index < -0.39 is 0 Å². The maximum Gasteiger partial charge on any atom is 0.0534 e. The molecule has 1 unspecified atom stereocenters. The van der Waals surface area contributed by atoms with Crippen molar-refractivity contribution in [2.45, 2.75) is 45.8 Å². The molecule has 1 aliphatic rings. The van der Waals surface area contributed by atoms with Crippen molar-refractivity contribution < 1.29 is 0 Å². The van der Waals surface area contributed by atoms with E-state index in [2.05, 4.69) is 35.4 Å². The molecule has 2 rings (SSSR count). The number of hydrogen-bond donors (Lipinski definition) is 1. The monoisotopic (exact) mass is 272 g/mol. The summed E-state index contributed by atoms with van der Waals surface area (Å²) in [5, 5.41) is 7.80. The van der Waals surface area contributed by atoms with Gasteiger partial charge in [-0.3, -0.25) is 9.58 Å². The zero-order chi connectivity index (χ0) is 12.1. The fraction of sp³-hybridized carbons (Fsp3) is 0.769. The van der Waals surface area contributed by atoms with Gasteiger partial charge >= 0.3 is 0 Å². The zero-order valence-electron chi connectivity index (χ0n) is 11.4. The summed E-state index contributed by atoms with van der Waals surface area (Å²) in [4.78, 5) is 2.59. The molecule has 2 heterocycles. The van der Waals surface area contributed by atoms with Crippen LogP contribution in [0.25, 0.3) is 0 Å². The van der Waals surface area contributed by atoms with Crippen LogP contribution in [0.2, 0.25) is 0 Å². The van der Waals surface area contributed by atoms with E-state index in [1.54, 1.807) is 0 Å². The lowest BCUT2D eigenvalue weighted by atomic mass is 10.2. The molecule has 1 N–H and O–H groups in total. The van der Waals surface area contributed by atoms with Gasteiger partial charge in [-0.15, -0.1) is 12.4 Å². The second kappa shape index (κ2) is 7.77. The number of nitrogens with zero attached hydrogens (tertiary/aromatic N) is 3. The Balaban J connectivity index is 0.00000162. The Morgan fingerprint density at radius 3 is 2.89 bits per heavy atom. The molecule has 1 aromatic rings. The first kappa shape index (κ1) is 15.5. The number of nitrogens with one attached hydrogen (secondary N) is 1. The average Bonchev–Trinajstić information content (AvgIpc) is 2.99. The summed E-state index contributed by atoms with van der Waals surface area (Å²) in [5.74, 6) is 0. The molecule has 5 heteroatoms. The van der Waals surface area contributed by atoms with Gasteiger partial charge < -0.3 is 5.32 Å². The average molecular weight is 273 g/mol. The summed E-state index contributed by atoms with van der Waals surface area (Å²) < 4.78 is 2.01. The molecule has 18 heavy (non-hydrogen) atoms. The molecule has 1 aliphatic heterocycles. The standard InChI is InChI=1S/C13H24N4.ClH/c1-3-7-16(13-5-6-14-9-13)10-12-8-15-17(4-2)11-12;/h8,11,13-14H,3-7,9-10H2,1-2H3;1H. The van der Waals surface area contributed by atoms with Crippen molar-refractivity contribution in [3.63, 3.8) is 0 Å². The van der Waals surface area contributed by atoms with E-state index >= 15 is 0 Å². The maximum absolute atomic E-state index is 4.35. The molecule has 0 aliphatic carbocycles. The maximum atomic E-state index is 4.35. The molecule has 1 saturated heterocycles. The highest BCUT2D eigenvalue weighted by Crippen LogP contribution is 2.13. The van der Waals surface area contributed by atoms with Crippen molar-refractivity contribution in [3.8, 4) is 0 Å². The summed E-state index contributed by atoms with van der Waals surface area (Å²) in [5.41, 5.74) is 1.34. The third kappa shape index (κ3) is 3.97. The van der Waals surface area contributed by atoms with Crippen LogP contribution in [0.4, 0.5) is 0 Å². The Labute approximate surface area is 116 Å². The van der Waals surface area contributed by atoms with Crippen LogP contribution in [0.15, 0.2) is 12.4 Å². The highest BCUT2D eigenvalue weighted by Gasteiger charge is 2.21. The molecule has 1 fully saturated rings. The second-order valence-corrected chi connectivity index (χ2v) is 4.82. The van der Waals surface area contributed by atoms with Crippen molar-refractivity contribution in [1.29, 1.82) is 0 Å². The molecule has 1 atom stereocenters. The molecule has 4 nitrogen and oxygen atoms in total. The lowest BCUT2D eigenvalue weighted by Crippen LogP contribution is -2.36. The van der Waals surface area contributed by atoms with Crippen LogP contribution in [-0.2, 0) is 13.1 Å². The molecule has 0 radical (unpaired) electrons. The Hall–Kier alpha value is -0.580. The van der Waals surface area contributed by atoms with Gasteiger partial charge in [0.25, 0.3) is 0 Å². The minimum absolute atomic E-state index is 0. The predicted molar refractivity (Wildman–Crippen MR) is 77.1 cm³/mol. The fourth-order valence-electron chi connectivity index (χ4n) is 2.52. The number of halogens is 1. The summed E-state index contributed by atoms with van der Waals surface area (Å²) in [6, 6.07) is 0.708. The van der Waals surface area contributed by atoms with E-state index in [4.69, 9.17) is 0 Å². The molecule has 104 valence electrons. The van der Waals surface area contributed by atoms with E-state index in [0.717, 1.165) is 19.6 Å². The third-order valence-electron chi connectivity index (χ3n) is 3.46. The van der Waals surface area contributed by atoms with Gasteiger partial charge in [-0.05, 0) is 32.9 Å². The van der Waals surface area contributed by atoms with E-state index in [9.17, 15) is 0 Å². The predicted octanol–water partition coefficient (Wildman–Crippen LogP) is 1.90. The van der Waals surface area contributed by atoms with Gasteiger partial charge in [-0.25, -0.2) is 0 Å². The van der Waals surface area contributed by atoms with E-state index in [-0.39, 0.29) is 12.4 Å². The molecular formula is C13H25ClN4. The van der Waals surface area contributed by atoms with E-state index in [0.29, 0.717) is 6.04 Å². The van der Waals surface area contributed by atoms with Gasteiger partial charge in [0.15, 0.2) is 0 Å². The Morgan fingerprint density at radius 1 is 1.50 bits per heavy atom. The van der Waals surface area contributed by atoms with Crippen LogP contribution >= 0.6 is 12.4 Å². The Bertz CT molecular complexity index is 333. The Kier molecular flexibility index (Phi) is 6.68. The number of aromatic nitrogens is 2. The van der Waals surface area contributed by atoms with Gasteiger partial charge in [0.1, 0.15) is 0 Å². The molecule has 0 amide bonds. The minimum atomic E-state index is 0. The number of hydrogen-bond acceptors (Lipinski definition) is 3. The SMILES string of the molecule is CCCN(Cc1cnn(CC)c1)C1CCNC1.Cl. The highest BCUT2D eigenvalue weighted by molar-refractivity contribution is 5.85. The zero-order valence-corrected chi connectivity index (χ0v) is 12.2. The third-order valence-corrected chi connectivity index (χ3v) is 3.46. The van der Waals surface area contributed by atoms with Gasteiger partial charge in [0, 0.05) is 37.4 Å². The largest absolute Gasteiger partial charge is 0.315 e. The molecular weight excluding hydrogens is 248 g/mol. The summed E-state index contributed by atoms with van der Waals surface area (Å²) in [6.07, 6.45) is 6.68. The van der Waals surface area contributed by atoms with Gasteiger partial charge in [0.05, 0.1) is 6.20 Å². The van der Waals surface area contributed by atoms with Gasteiger partial charge in [0.2, 0.25) is 0 Å². The molecule has 0 bridgehead atoms. The smallest absolute Gasteiger partial charge is 0.0534 e. The van der Waals surface area contributed by atoms with Crippen LogP contribution in [0.1, 0.15) is 32.3 Å². The van der Waals surface area contributed by atoms with E-state index in [1.165, 1.54) is 31.5 Å². The lowest BCUT2D eigenvalue weighted by Gasteiger charge is -2.27. The van der Waals surface area contributed by atoms with Crippen molar-refractivity contribution in [2.24, 2.45) is 0 Å². The molecule has 0 saturated carbocycles. The molecule has 0 aromatic carbocycles. The summed E-state index contributed by atoms with van der Waals surface area (Å²) in [7, 11) is 0. The number of rotatable bonds is 6. The topological polar surface area (TPSA) is 33.1 Å². The van der Waals surface area contributed by atoms with Crippen LogP contribution in [0.3, 0.4) is 0 Å². The Morgan fingerprint density at radius 2 is 2.33 bits per heavy atom. The summed E-state index contributed by atoms with van der Waals surface area (Å²) in [6.45, 7) is 9.87. The first-order chi connectivity index (χ1) is 8.33. The highest BCUT2D eigenvalue weighted by atomic mass is 35.5. The van der Waals surface area contributed by atoms with Crippen LogP contribution < -0.4 is 5.32 Å². The first-order valence-corrected chi connectivity index (χ1v) is 6.79. The summed E-state index contributed by atoms with van der Waals surface area (Å²) >= 11 is 0. The minimum Gasteiger partial charge on any atom is -0.315 e. The van der Waals surface area contributed by atoms with E-state index in [1.807, 2.05) is 10.9 Å². The van der Waals surface area contributed by atoms with Crippen molar-refractivity contribution in [2.75, 3.05) is 19.6 Å². The van der Waals surface area contributed by atoms with Crippen LogP contribution in [-0.4, -0.2) is 40.4 Å². The van der Waals surface area contributed by atoms with Crippen LogP contribution in [0.5, 0.6) is 0 Å². The van der Waals surface area contributed by atoms with Crippen molar-refractivity contribution in [3.05, 3.63) is 18.0 Å². The fourth-order valence-corrected chi connectivity index (χ4v) is 2.52.